The third-order valence-electron chi connectivity index (χ3n) is 4.02. The van der Waals surface area contributed by atoms with Gasteiger partial charge < -0.3 is 10.6 Å². The van der Waals surface area contributed by atoms with Gasteiger partial charge in [0.25, 0.3) is 0 Å². The summed E-state index contributed by atoms with van der Waals surface area (Å²) in [6.07, 6.45) is 6.00. The summed E-state index contributed by atoms with van der Waals surface area (Å²) in [5, 5.41) is 6.73. The van der Waals surface area contributed by atoms with Crippen LogP contribution in [0.4, 0.5) is 0 Å². The van der Waals surface area contributed by atoms with Crippen LogP contribution in [0.3, 0.4) is 0 Å². The van der Waals surface area contributed by atoms with E-state index in [2.05, 4.69) is 10.6 Å². The lowest BCUT2D eigenvalue weighted by Gasteiger charge is -2.24. The summed E-state index contributed by atoms with van der Waals surface area (Å²) in [5.41, 5.74) is 0. The molecule has 0 aromatic heterocycles. The zero-order valence-corrected chi connectivity index (χ0v) is 11.1. The predicted octanol–water partition coefficient (Wildman–Crippen LogP) is 1.39. The quantitative estimate of drug-likeness (QED) is 0.779. The average molecular weight is 254 g/mol. The third kappa shape index (κ3) is 3.38. The Morgan fingerprint density at radius 2 is 2.00 bits per heavy atom. The lowest BCUT2D eigenvalue weighted by molar-refractivity contribution is -0.122. The molecule has 17 heavy (non-hydrogen) atoms. The summed E-state index contributed by atoms with van der Waals surface area (Å²) in [6, 6.07) is 0.909. The monoisotopic (exact) mass is 254 g/mol. The molecule has 96 valence electrons. The van der Waals surface area contributed by atoms with E-state index in [1.807, 2.05) is 11.8 Å². The Balaban J connectivity index is 1.44. The highest BCUT2D eigenvalue weighted by Gasteiger charge is 2.42. The molecule has 3 nitrogen and oxygen atoms in total. The molecule has 1 heterocycles. The summed E-state index contributed by atoms with van der Waals surface area (Å²) < 4.78 is 0. The van der Waals surface area contributed by atoms with Gasteiger partial charge in [0.15, 0.2) is 0 Å². The van der Waals surface area contributed by atoms with Crippen LogP contribution in [0, 0.1) is 11.8 Å². The molecule has 3 fully saturated rings. The van der Waals surface area contributed by atoms with Gasteiger partial charge in [-0.05, 0) is 37.5 Å². The molecule has 1 unspecified atom stereocenters. The molecule has 0 aromatic rings. The molecule has 1 saturated heterocycles. The van der Waals surface area contributed by atoms with Crippen molar-refractivity contribution in [2.75, 3.05) is 18.1 Å². The van der Waals surface area contributed by atoms with Crippen molar-refractivity contribution in [3.05, 3.63) is 0 Å². The Morgan fingerprint density at radius 3 is 2.53 bits per heavy atom. The van der Waals surface area contributed by atoms with Gasteiger partial charge in [0.2, 0.25) is 5.91 Å². The molecule has 1 atom stereocenters. The van der Waals surface area contributed by atoms with E-state index >= 15 is 0 Å². The lowest BCUT2D eigenvalue weighted by Crippen LogP contribution is -2.44. The Morgan fingerprint density at radius 1 is 1.29 bits per heavy atom. The summed E-state index contributed by atoms with van der Waals surface area (Å²) >= 11 is 1.96. The number of nitrogens with one attached hydrogen (secondary N) is 2. The number of amides is 1. The molecule has 2 N–H and O–H groups in total. The molecule has 0 bridgehead atoms. The molecule has 1 aliphatic heterocycles. The minimum atomic E-state index is 0.272. The van der Waals surface area contributed by atoms with Crippen LogP contribution in [0.15, 0.2) is 0 Å². The maximum Gasteiger partial charge on any atom is 0.221 e. The number of hydrogen-bond donors (Lipinski definition) is 2. The Bertz CT molecular complexity index is 271. The SMILES string of the molecule is O=C(CC1CSCCN1)NC(C1CC1)C1CC1. The van der Waals surface area contributed by atoms with E-state index in [4.69, 9.17) is 0 Å². The van der Waals surface area contributed by atoms with E-state index in [0.717, 1.165) is 24.1 Å². The van der Waals surface area contributed by atoms with Crippen molar-refractivity contribution >= 4 is 17.7 Å². The second-order valence-corrected chi connectivity index (χ2v) is 6.85. The smallest absolute Gasteiger partial charge is 0.221 e. The second kappa shape index (κ2) is 5.19. The van der Waals surface area contributed by atoms with Gasteiger partial charge in [-0.1, -0.05) is 0 Å². The number of hydrogen-bond acceptors (Lipinski definition) is 3. The summed E-state index contributed by atoms with van der Waals surface area (Å²) in [6.45, 7) is 1.05. The second-order valence-electron chi connectivity index (χ2n) is 5.70. The first-order valence-electron chi connectivity index (χ1n) is 6.93. The van der Waals surface area contributed by atoms with Crippen molar-refractivity contribution in [3.63, 3.8) is 0 Å². The van der Waals surface area contributed by atoms with Crippen LogP contribution in [0.2, 0.25) is 0 Å². The van der Waals surface area contributed by atoms with Gasteiger partial charge >= 0.3 is 0 Å². The van der Waals surface area contributed by atoms with Gasteiger partial charge in [-0.3, -0.25) is 4.79 Å². The number of carbonyl (C=O) groups is 1. The first kappa shape index (κ1) is 11.8. The molecule has 0 radical (unpaired) electrons. The maximum atomic E-state index is 12.0. The third-order valence-corrected chi connectivity index (χ3v) is 5.15. The largest absolute Gasteiger partial charge is 0.353 e. The standard InChI is InChI=1S/C13H22N2OS/c16-12(7-11-8-17-6-5-14-11)15-13(9-1-2-9)10-3-4-10/h9-11,13-14H,1-8H2,(H,15,16). The molecule has 0 spiro atoms. The van der Waals surface area contributed by atoms with Crippen molar-refractivity contribution in [1.29, 1.82) is 0 Å². The van der Waals surface area contributed by atoms with E-state index < -0.39 is 0 Å². The topological polar surface area (TPSA) is 41.1 Å². The Kier molecular flexibility index (Phi) is 3.61. The van der Waals surface area contributed by atoms with Crippen LogP contribution < -0.4 is 10.6 Å². The van der Waals surface area contributed by atoms with Crippen LogP contribution in [0.5, 0.6) is 0 Å². The van der Waals surface area contributed by atoms with Gasteiger partial charge in [0.05, 0.1) is 0 Å². The highest BCUT2D eigenvalue weighted by atomic mass is 32.2. The predicted molar refractivity (Wildman–Crippen MR) is 71.1 cm³/mol. The fourth-order valence-corrected chi connectivity index (χ4v) is 3.70. The fourth-order valence-electron chi connectivity index (χ4n) is 2.75. The zero-order valence-electron chi connectivity index (χ0n) is 10.3. The molecule has 3 rings (SSSR count). The molecule has 0 aromatic carbocycles. The van der Waals surface area contributed by atoms with E-state index in [1.165, 1.54) is 31.4 Å². The van der Waals surface area contributed by atoms with Crippen LogP contribution in [0.1, 0.15) is 32.1 Å². The zero-order chi connectivity index (χ0) is 11.7. The number of carbonyl (C=O) groups excluding carboxylic acids is 1. The number of thioether (sulfide) groups is 1. The van der Waals surface area contributed by atoms with Gasteiger partial charge in [-0.15, -0.1) is 0 Å². The molecule has 4 heteroatoms. The Hall–Kier alpha value is -0.220. The van der Waals surface area contributed by atoms with E-state index in [-0.39, 0.29) is 5.91 Å². The average Bonchev–Trinajstić information content (AvgIpc) is 3.19. The molecule has 2 saturated carbocycles. The van der Waals surface area contributed by atoms with Crippen molar-refractivity contribution in [3.8, 4) is 0 Å². The molecule has 1 amide bonds. The molecular weight excluding hydrogens is 232 g/mol. The molecular formula is C13H22N2OS. The van der Waals surface area contributed by atoms with Crippen molar-refractivity contribution in [2.45, 2.75) is 44.2 Å². The maximum absolute atomic E-state index is 12.0. The highest BCUT2D eigenvalue weighted by Crippen LogP contribution is 2.44. The van der Waals surface area contributed by atoms with Gasteiger partial charge in [-0.25, -0.2) is 0 Å². The van der Waals surface area contributed by atoms with Crippen LogP contribution in [0.25, 0.3) is 0 Å². The minimum absolute atomic E-state index is 0.272. The fraction of sp³-hybridized carbons (Fsp3) is 0.923. The summed E-state index contributed by atoms with van der Waals surface area (Å²) in [4.78, 5) is 12.0. The van der Waals surface area contributed by atoms with E-state index in [1.54, 1.807) is 0 Å². The van der Waals surface area contributed by atoms with E-state index in [9.17, 15) is 4.79 Å². The van der Waals surface area contributed by atoms with Gasteiger partial charge in [-0.2, -0.15) is 11.8 Å². The van der Waals surface area contributed by atoms with E-state index in [0.29, 0.717) is 18.5 Å². The van der Waals surface area contributed by atoms with Gasteiger partial charge in [0, 0.05) is 36.6 Å². The van der Waals surface area contributed by atoms with Crippen molar-refractivity contribution in [2.24, 2.45) is 11.8 Å². The van der Waals surface area contributed by atoms with Crippen molar-refractivity contribution < 1.29 is 4.79 Å². The Labute approximate surface area is 107 Å². The van der Waals surface area contributed by atoms with Crippen LogP contribution >= 0.6 is 11.8 Å². The summed E-state index contributed by atoms with van der Waals surface area (Å²) in [5.74, 6) is 4.16. The summed E-state index contributed by atoms with van der Waals surface area (Å²) in [7, 11) is 0. The van der Waals surface area contributed by atoms with Crippen molar-refractivity contribution in [1.82, 2.24) is 10.6 Å². The highest BCUT2D eigenvalue weighted by molar-refractivity contribution is 7.99. The van der Waals surface area contributed by atoms with Gasteiger partial charge in [0.1, 0.15) is 0 Å². The normalized spacial score (nSPS) is 29.4. The molecule has 3 aliphatic rings. The minimum Gasteiger partial charge on any atom is -0.353 e. The van der Waals surface area contributed by atoms with Crippen LogP contribution in [-0.2, 0) is 4.79 Å². The lowest BCUT2D eigenvalue weighted by atomic mass is 10.1. The molecule has 2 aliphatic carbocycles. The van der Waals surface area contributed by atoms with Crippen LogP contribution in [-0.4, -0.2) is 36.0 Å². The first-order chi connectivity index (χ1) is 8.33. The number of rotatable bonds is 5. The first-order valence-corrected chi connectivity index (χ1v) is 8.09.